The Morgan fingerprint density at radius 3 is 3.18 bits per heavy atom. The zero-order valence-electron chi connectivity index (χ0n) is 9.74. The standard InChI is InChI=1S/C13H15FN2O/c1-2-11-8(6-7-17-11)13-15-10-5-3-4-9(14)12(10)16-13/h3-5,8,11H,2,6-7H2,1H3,(H,15,16). The molecule has 3 nitrogen and oxygen atoms in total. The number of aromatic amines is 1. The van der Waals surface area contributed by atoms with E-state index >= 15 is 0 Å². The third kappa shape index (κ3) is 1.72. The number of hydrogen-bond donors (Lipinski definition) is 1. The second-order valence-electron chi connectivity index (χ2n) is 4.47. The molecule has 1 aromatic carbocycles. The Morgan fingerprint density at radius 1 is 1.53 bits per heavy atom. The minimum atomic E-state index is -0.267. The van der Waals surface area contributed by atoms with Gasteiger partial charge in [-0.1, -0.05) is 13.0 Å². The van der Waals surface area contributed by atoms with Gasteiger partial charge in [0.1, 0.15) is 11.3 Å². The van der Waals surface area contributed by atoms with Crippen molar-refractivity contribution >= 4 is 11.0 Å². The predicted molar refractivity (Wildman–Crippen MR) is 63.4 cm³/mol. The lowest BCUT2D eigenvalue weighted by Gasteiger charge is -2.13. The summed E-state index contributed by atoms with van der Waals surface area (Å²) in [6, 6.07) is 4.99. The van der Waals surface area contributed by atoms with Gasteiger partial charge in [0.25, 0.3) is 0 Å². The lowest BCUT2D eigenvalue weighted by molar-refractivity contribution is 0.0996. The van der Waals surface area contributed by atoms with E-state index in [9.17, 15) is 4.39 Å². The van der Waals surface area contributed by atoms with Crippen LogP contribution in [0.5, 0.6) is 0 Å². The van der Waals surface area contributed by atoms with E-state index in [-0.39, 0.29) is 17.8 Å². The molecule has 0 amide bonds. The summed E-state index contributed by atoms with van der Waals surface area (Å²) >= 11 is 0. The Hall–Kier alpha value is -1.42. The van der Waals surface area contributed by atoms with Gasteiger partial charge < -0.3 is 9.72 Å². The Balaban J connectivity index is 2.03. The molecule has 2 aromatic rings. The van der Waals surface area contributed by atoms with Crippen molar-refractivity contribution in [1.29, 1.82) is 0 Å². The quantitative estimate of drug-likeness (QED) is 0.867. The molecule has 1 N–H and O–H groups in total. The average molecular weight is 234 g/mol. The van der Waals surface area contributed by atoms with Gasteiger partial charge in [-0.2, -0.15) is 0 Å². The number of benzene rings is 1. The monoisotopic (exact) mass is 234 g/mol. The molecule has 0 saturated carbocycles. The van der Waals surface area contributed by atoms with Crippen LogP contribution in [0.3, 0.4) is 0 Å². The van der Waals surface area contributed by atoms with Gasteiger partial charge in [-0.15, -0.1) is 0 Å². The summed E-state index contributed by atoms with van der Waals surface area (Å²) in [7, 11) is 0. The van der Waals surface area contributed by atoms with Gasteiger partial charge in [0, 0.05) is 12.5 Å². The molecule has 3 rings (SSSR count). The highest BCUT2D eigenvalue weighted by molar-refractivity contribution is 5.75. The van der Waals surface area contributed by atoms with Crippen LogP contribution in [0.25, 0.3) is 11.0 Å². The van der Waals surface area contributed by atoms with Crippen molar-refractivity contribution in [3.8, 4) is 0 Å². The van der Waals surface area contributed by atoms with Gasteiger partial charge in [0.2, 0.25) is 0 Å². The van der Waals surface area contributed by atoms with Crippen LogP contribution in [0.4, 0.5) is 4.39 Å². The fourth-order valence-corrected chi connectivity index (χ4v) is 2.56. The molecule has 1 aliphatic heterocycles. The molecule has 4 heteroatoms. The van der Waals surface area contributed by atoms with Crippen LogP contribution in [0, 0.1) is 5.82 Å². The second kappa shape index (κ2) is 4.11. The first kappa shape index (κ1) is 10.7. The molecule has 90 valence electrons. The smallest absolute Gasteiger partial charge is 0.151 e. The topological polar surface area (TPSA) is 37.9 Å². The summed E-state index contributed by atoms with van der Waals surface area (Å²) in [6.45, 7) is 2.87. The van der Waals surface area contributed by atoms with Crippen molar-refractivity contribution in [2.24, 2.45) is 0 Å². The van der Waals surface area contributed by atoms with Gasteiger partial charge in [-0.25, -0.2) is 9.37 Å². The normalized spacial score (nSPS) is 24.6. The van der Waals surface area contributed by atoms with Gasteiger partial charge >= 0.3 is 0 Å². The number of nitrogens with zero attached hydrogens (tertiary/aromatic N) is 1. The van der Waals surface area contributed by atoms with Crippen LogP contribution < -0.4 is 0 Å². The maximum Gasteiger partial charge on any atom is 0.151 e. The Labute approximate surface area is 99.0 Å². The first-order chi connectivity index (χ1) is 8.29. The van der Waals surface area contributed by atoms with Crippen molar-refractivity contribution in [2.45, 2.75) is 31.8 Å². The van der Waals surface area contributed by atoms with Crippen LogP contribution in [0.1, 0.15) is 31.5 Å². The minimum absolute atomic E-state index is 0.207. The molecule has 17 heavy (non-hydrogen) atoms. The highest BCUT2D eigenvalue weighted by atomic mass is 19.1. The molecule has 0 radical (unpaired) electrons. The molecule has 2 atom stereocenters. The summed E-state index contributed by atoms with van der Waals surface area (Å²) < 4.78 is 19.2. The van der Waals surface area contributed by atoms with E-state index in [1.165, 1.54) is 6.07 Å². The molecule has 1 aromatic heterocycles. The number of para-hydroxylation sites is 1. The first-order valence-corrected chi connectivity index (χ1v) is 6.05. The van der Waals surface area contributed by atoms with E-state index in [1.54, 1.807) is 6.07 Å². The molecule has 1 fully saturated rings. The van der Waals surface area contributed by atoms with E-state index in [0.29, 0.717) is 5.52 Å². The van der Waals surface area contributed by atoms with Crippen molar-refractivity contribution in [2.75, 3.05) is 6.61 Å². The van der Waals surface area contributed by atoms with E-state index in [1.807, 2.05) is 6.07 Å². The van der Waals surface area contributed by atoms with E-state index in [0.717, 1.165) is 30.8 Å². The number of H-pyrrole nitrogens is 1. The average Bonchev–Trinajstić information content (AvgIpc) is 2.94. The fourth-order valence-electron chi connectivity index (χ4n) is 2.56. The van der Waals surface area contributed by atoms with Gasteiger partial charge in [0.15, 0.2) is 5.82 Å². The zero-order chi connectivity index (χ0) is 11.8. The molecule has 0 aliphatic carbocycles. The van der Waals surface area contributed by atoms with Crippen molar-refractivity contribution < 1.29 is 9.13 Å². The fraction of sp³-hybridized carbons (Fsp3) is 0.462. The van der Waals surface area contributed by atoms with Crippen LogP contribution >= 0.6 is 0 Å². The van der Waals surface area contributed by atoms with Crippen LogP contribution in [0.15, 0.2) is 18.2 Å². The molecular weight excluding hydrogens is 219 g/mol. The lowest BCUT2D eigenvalue weighted by atomic mass is 9.99. The van der Waals surface area contributed by atoms with Crippen LogP contribution in [-0.4, -0.2) is 22.7 Å². The van der Waals surface area contributed by atoms with E-state index in [4.69, 9.17) is 4.74 Å². The van der Waals surface area contributed by atoms with Crippen molar-refractivity contribution in [3.63, 3.8) is 0 Å². The van der Waals surface area contributed by atoms with Gasteiger partial charge in [-0.3, -0.25) is 0 Å². The summed E-state index contributed by atoms with van der Waals surface area (Å²) in [6.07, 6.45) is 2.13. The first-order valence-electron chi connectivity index (χ1n) is 6.05. The van der Waals surface area contributed by atoms with Gasteiger partial charge in [-0.05, 0) is 25.0 Å². The number of fused-ring (bicyclic) bond motifs is 1. The number of imidazole rings is 1. The third-order valence-electron chi connectivity index (χ3n) is 3.44. The Bertz CT molecular complexity index is 537. The maximum absolute atomic E-state index is 13.6. The van der Waals surface area contributed by atoms with Crippen LogP contribution in [0.2, 0.25) is 0 Å². The predicted octanol–water partition coefficient (Wildman–Crippen LogP) is 2.98. The van der Waals surface area contributed by atoms with Crippen molar-refractivity contribution in [3.05, 3.63) is 29.8 Å². The van der Waals surface area contributed by atoms with Crippen LogP contribution in [-0.2, 0) is 4.74 Å². The summed E-state index contributed by atoms with van der Waals surface area (Å²) in [4.78, 5) is 7.59. The highest BCUT2D eigenvalue weighted by Crippen LogP contribution is 2.32. The van der Waals surface area contributed by atoms with Crippen molar-refractivity contribution in [1.82, 2.24) is 9.97 Å². The molecule has 2 heterocycles. The molecule has 2 unspecified atom stereocenters. The molecule has 1 saturated heterocycles. The number of ether oxygens (including phenoxy) is 1. The molecule has 0 spiro atoms. The van der Waals surface area contributed by atoms with E-state index in [2.05, 4.69) is 16.9 Å². The summed E-state index contributed by atoms with van der Waals surface area (Å²) in [5.41, 5.74) is 1.20. The summed E-state index contributed by atoms with van der Waals surface area (Å²) in [5, 5.41) is 0. The zero-order valence-corrected chi connectivity index (χ0v) is 9.74. The second-order valence-corrected chi connectivity index (χ2v) is 4.47. The van der Waals surface area contributed by atoms with Gasteiger partial charge in [0.05, 0.1) is 11.6 Å². The maximum atomic E-state index is 13.6. The Morgan fingerprint density at radius 2 is 2.41 bits per heavy atom. The molecular formula is C13H15FN2O. The Kier molecular flexibility index (Phi) is 2.59. The summed E-state index contributed by atoms with van der Waals surface area (Å²) in [5.74, 6) is 0.859. The van der Waals surface area contributed by atoms with E-state index < -0.39 is 0 Å². The number of halogens is 1. The highest BCUT2D eigenvalue weighted by Gasteiger charge is 2.30. The minimum Gasteiger partial charge on any atom is -0.377 e. The molecule has 1 aliphatic rings. The SMILES string of the molecule is CCC1OCCC1c1nc2c(F)cccc2[nH]1. The number of rotatable bonds is 2. The lowest BCUT2D eigenvalue weighted by Crippen LogP contribution is -2.14. The third-order valence-corrected chi connectivity index (χ3v) is 3.44. The largest absolute Gasteiger partial charge is 0.377 e. The number of aromatic nitrogens is 2. The molecule has 0 bridgehead atoms. The number of nitrogens with one attached hydrogen (secondary N) is 1. The number of hydrogen-bond acceptors (Lipinski definition) is 2.